The number of ether oxygens (including phenoxy) is 1. The first-order chi connectivity index (χ1) is 17.1. The van der Waals surface area contributed by atoms with Crippen LogP contribution in [0.25, 0.3) is 16.6 Å². The number of halogens is 1. The van der Waals surface area contributed by atoms with Gasteiger partial charge in [-0.1, -0.05) is 12.1 Å². The van der Waals surface area contributed by atoms with Gasteiger partial charge < -0.3 is 15.4 Å². The number of aromatic amines is 1. The van der Waals surface area contributed by atoms with E-state index < -0.39 is 22.6 Å². The van der Waals surface area contributed by atoms with E-state index in [0.29, 0.717) is 17.0 Å². The molecule has 11 heteroatoms. The Morgan fingerprint density at radius 2 is 1.86 bits per heavy atom. The van der Waals surface area contributed by atoms with Crippen molar-refractivity contribution in [1.29, 1.82) is 0 Å². The summed E-state index contributed by atoms with van der Waals surface area (Å²) in [5.74, 6) is -0.596. The van der Waals surface area contributed by atoms with Crippen LogP contribution in [0.15, 0.2) is 56.8 Å². The third-order valence-electron chi connectivity index (χ3n) is 5.77. The first-order valence-corrected chi connectivity index (χ1v) is 11.0. The summed E-state index contributed by atoms with van der Waals surface area (Å²) in [7, 11) is 2.93. The van der Waals surface area contributed by atoms with Crippen molar-refractivity contribution in [1.82, 2.24) is 19.4 Å². The number of carbonyl (C=O) groups is 1. The van der Waals surface area contributed by atoms with Crippen LogP contribution in [0, 0.1) is 19.7 Å². The van der Waals surface area contributed by atoms with Crippen molar-refractivity contribution in [3.05, 3.63) is 90.6 Å². The first-order valence-electron chi connectivity index (χ1n) is 11.0. The number of benzene rings is 2. The van der Waals surface area contributed by atoms with Crippen LogP contribution in [0.4, 0.5) is 15.9 Å². The lowest BCUT2D eigenvalue weighted by molar-refractivity contribution is -0.122. The van der Waals surface area contributed by atoms with E-state index in [2.05, 4.69) is 15.6 Å². The van der Waals surface area contributed by atoms with Crippen LogP contribution in [0.5, 0.6) is 5.75 Å². The van der Waals surface area contributed by atoms with E-state index in [1.54, 1.807) is 31.2 Å². The van der Waals surface area contributed by atoms with Crippen molar-refractivity contribution in [2.75, 3.05) is 19.0 Å². The van der Waals surface area contributed by atoms with Crippen LogP contribution in [0.1, 0.15) is 11.1 Å². The third kappa shape index (κ3) is 4.38. The minimum absolute atomic E-state index is 0.00847. The van der Waals surface area contributed by atoms with Crippen LogP contribution < -0.4 is 32.2 Å². The van der Waals surface area contributed by atoms with E-state index in [4.69, 9.17) is 4.74 Å². The quantitative estimate of drug-likeness (QED) is 0.377. The van der Waals surface area contributed by atoms with Gasteiger partial charge >= 0.3 is 5.69 Å². The Morgan fingerprint density at radius 3 is 2.56 bits per heavy atom. The molecule has 0 unspecified atom stereocenters. The fourth-order valence-electron chi connectivity index (χ4n) is 3.91. The number of pyridine rings is 1. The molecule has 2 aromatic carbocycles. The summed E-state index contributed by atoms with van der Waals surface area (Å²) in [6, 6.07) is 10.8. The van der Waals surface area contributed by atoms with Crippen LogP contribution in [0.3, 0.4) is 0 Å². The molecule has 1 amide bonds. The van der Waals surface area contributed by atoms with Gasteiger partial charge in [-0.15, -0.1) is 0 Å². The molecule has 0 radical (unpaired) electrons. The second-order valence-electron chi connectivity index (χ2n) is 8.22. The van der Waals surface area contributed by atoms with Gasteiger partial charge in [0, 0.05) is 25.7 Å². The molecule has 4 aromatic rings. The number of hydrogen-bond acceptors (Lipinski definition) is 6. The van der Waals surface area contributed by atoms with Gasteiger partial charge in [-0.3, -0.25) is 28.5 Å². The number of amides is 1. The first kappa shape index (κ1) is 24.5. The Bertz CT molecular complexity index is 1690. The molecule has 4 rings (SSSR count). The van der Waals surface area contributed by atoms with Crippen molar-refractivity contribution in [2.45, 2.75) is 13.8 Å². The average molecular weight is 493 g/mol. The van der Waals surface area contributed by atoms with Gasteiger partial charge in [0.15, 0.2) is 6.61 Å². The maximum atomic E-state index is 14.6. The van der Waals surface area contributed by atoms with Crippen molar-refractivity contribution in [3.63, 3.8) is 0 Å². The molecule has 2 aromatic heterocycles. The topological polar surface area (TPSA) is 127 Å². The molecular weight excluding hydrogens is 469 g/mol. The van der Waals surface area contributed by atoms with E-state index in [9.17, 15) is 23.6 Å². The summed E-state index contributed by atoms with van der Waals surface area (Å²) < 4.78 is 22.5. The molecule has 0 saturated heterocycles. The number of H-pyrrole nitrogens is 1. The average Bonchev–Trinajstić information content (AvgIpc) is 2.85. The summed E-state index contributed by atoms with van der Waals surface area (Å²) in [5.41, 5.74) is -0.754. The highest BCUT2D eigenvalue weighted by molar-refractivity contribution is 5.93. The third-order valence-corrected chi connectivity index (χ3v) is 5.77. The molecule has 3 N–H and O–H groups in total. The number of nitrogens with one attached hydrogen (secondary N) is 3. The zero-order valence-corrected chi connectivity index (χ0v) is 20.1. The largest absolute Gasteiger partial charge is 0.484 e. The lowest BCUT2D eigenvalue weighted by atomic mass is 10.1. The summed E-state index contributed by atoms with van der Waals surface area (Å²) in [6.07, 6.45) is 0. The highest BCUT2D eigenvalue weighted by Crippen LogP contribution is 2.27. The van der Waals surface area contributed by atoms with Crippen LogP contribution >= 0.6 is 0 Å². The predicted octanol–water partition coefficient (Wildman–Crippen LogP) is 2.00. The van der Waals surface area contributed by atoms with Crippen LogP contribution in [-0.4, -0.2) is 33.7 Å². The number of likely N-dealkylation sites (N-methyl/N-ethyl adjacent to an activating group) is 1. The van der Waals surface area contributed by atoms with E-state index in [-0.39, 0.29) is 40.5 Å². The summed E-state index contributed by atoms with van der Waals surface area (Å²) in [6.45, 7) is 3.00. The van der Waals surface area contributed by atoms with Crippen molar-refractivity contribution in [3.8, 4) is 11.4 Å². The molecule has 186 valence electrons. The number of carbonyl (C=O) groups excluding carboxylic acids is 1. The van der Waals surface area contributed by atoms with Crippen molar-refractivity contribution >= 4 is 28.3 Å². The Labute approximate surface area is 204 Å². The molecule has 0 bridgehead atoms. The lowest BCUT2D eigenvalue weighted by Gasteiger charge is -2.19. The van der Waals surface area contributed by atoms with E-state index in [0.717, 1.165) is 0 Å². The number of hydrogen-bond donors (Lipinski definition) is 3. The van der Waals surface area contributed by atoms with Crippen LogP contribution in [-0.2, 0) is 11.8 Å². The number of fused-ring (bicyclic) bond motifs is 1. The summed E-state index contributed by atoms with van der Waals surface area (Å²) in [4.78, 5) is 53.0. The molecule has 0 aliphatic heterocycles. The number of aromatic nitrogens is 3. The number of anilines is 2. The maximum Gasteiger partial charge on any atom is 0.333 e. The highest BCUT2D eigenvalue weighted by atomic mass is 19.1. The number of aryl methyl sites for hydroxylation is 2. The Kier molecular flexibility index (Phi) is 6.47. The Morgan fingerprint density at radius 1 is 1.11 bits per heavy atom. The Balaban J connectivity index is 1.98. The second kappa shape index (κ2) is 9.53. The van der Waals surface area contributed by atoms with Gasteiger partial charge in [-0.25, -0.2) is 9.18 Å². The molecule has 2 heterocycles. The van der Waals surface area contributed by atoms with Crippen molar-refractivity contribution in [2.24, 2.45) is 7.05 Å². The molecule has 10 nitrogen and oxygen atoms in total. The van der Waals surface area contributed by atoms with Gasteiger partial charge in [-0.2, -0.15) is 0 Å². The highest BCUT2D eigenvalue weighted by Gasteiger charge is 2.21. The number of rotatable bonds is 6. The molecule has 0 aliphatic carbocycles. The molecule has 36 heavy (non-hydrogen) atoms. The SMILES string of the molecule is CNC(=O)COc1cccc(-n2c(=O)[nH]c(=O)c3c(Nc4ccc(C)cc4F)n(C)c(=O)c(C)c32)c1. The minimum atomic E-state index is -0.778. The van der Waals surface area contributed by atoms with Gasteiger partial charge in [0.25, 0.3) is 17.0 Å². The van der Waals surface area contributed by atoms with E-state index >= 15 is 0 Å². The van der Waals surface area contributed by atoms with E-state index in [1.165, 1.54) is 48.4 Å². The zero-order chi connectivity index (χ0) is 26.1. The van der Waals surface area contributed by atoms with Gasteiger partial charge in [0.2, 0.25) is 0 Å². The van der Waals surface area contributed by atoms with Crippen LogP contribution in [0.2, 0.25) is 0 Å². The van der Waals surface area contributed by atoms with E-state index in [1.807, 2.05) is 0 Å². The summed E-state index contributed by atoms with van der Waals surface area (Å²) >= 11 is 0. The van der Waals surface area contributed by atoms with Gasteiger partial charge in [-0.05, 0) is 43.7 Å². The predicted molar refractivity (Wildman–Crippen MR) is 134 cm³/mol. The lowest BCUT2D eigenvalue weighted by Crippen LogP contribution is -2.34. The normalized spacial score (nSPS) is 10.9. The second-order valence-corrected chi connectivity index (χ2v) is 8.22. The van der Waals surface area contributed by atoms with Crippen molar-refractivity contribution < 1.29 is 13.9 Å². The fraction of sp³-hybridized carbons (Fsp3) is 0.200. The fourth-order valence-corrected chi connectivity index (χ4v) is 3.91. The van der Waals surface area contributed by atoms with Gasteiger partial charge in [0.1, 0.15) is 22.8 Å². The monoisotopic (exact) mass is 493 g/mol. The van der Waals surface area contributed by atoms with Gasteiger partial charge in [0.05, 0.1) is 16.9 Å². The molecule has 0 atom stereocenters. The minimum Gasteiger partial charge on any atom is -0.484 e. The zero-order valence-electron chi connectivity index (χ0n) is 20.1. The summed E-state index contributed by atoms with van der Waals surface area (Å²) in [5, 5.41) is 5.29. The molecule has 0 aliphatic rings. The smallest absolute Gasteiger partial charge is 0.333 e. The number of nitrogens with zero attached hydrogens (tertiary/aromatic N) is 2. The Hall–Kier alpha value is -4.67. The molecular formula is C25H24FN5O5. The molecule has 0 fully saturated rings. The standard InChI is InChI=1S/C25H24FN5O5/c1-13-8-9-18(17(26)10-13)28-22-20-21(14(2)24(34)30(22)4)31(25(35)29-23(20)33)15-6-5-7-16(11-15)36-12-19(32)27-3/h5-11,28H,12H2,1-4H3,(H,27,32)(H,29,33,35). The maximum absolute atomic E-state index is 14.6. The molecule has 0 saturated carbocycles. The molecule has 0 spiro atoms.